The Morgan fingerprint density at radius 1 is 1.00 bits per heavy atom. The third kappa shape index (κ3) is 4.75. The smallest absolute Gasteiger partial charge is 0.223 e. The summed E-state index contributed by atoms with van der Waals surface area (Å²) in [5.74, 6) is -0.181. The molecule has 0 fully saturated rings. The topological polar surface area (TPSA) is 62.2 Å². The Balaban J connectivity index is 1.57. The number of pyridine rings is 1. The van der Waals surface area contributed by atoms with Gasteiger partial charge in [0, 0.05) is 18.3 Å². The van der Waals surface area contributed by atoms with Crippen LogP contribution < -0.4 is 5.32 Å². The number of carbonyl (C=O) groups excluding carboxylic acids is 1. The van der Waals surface area contributed by atoms with Crippen molar-refractivity contribution in [2.45, 2.75) is 19.1 Å². The Kier molecular flexibility index (Phi) is 5.54. The molecule has 0 bridgehead atoms. The number of aliphatic hydroxyl groups excluding tert-OH is 1. The van der Waals surface area contributed by atoms with Gasteiger partial charge < -0.3 is 10.4 Å². The molecule has 1 amide bonds. The lowest BCUT2D eigenvalue weighted by Crippen LogP contribution is -2.24. The van der Waals surface area contributed by atoms with E-state index in [0.717, 1.165) is 22.4 Å². The van der Waals surface area contributed by atoms with Crippen LogP contribution in [0.3, 0.4) is 0 Å². The number of benzene rings is 2. The van der Waals surface area contributed by atoms with E-state index in [0.29, 0.717) is 6.54 Å². The highest BCUT2D eigenvalue weighted by Crippen LogP contribution is 2.18. The van der Waals surface area contributed by atoms with Crippen molar-refractivity contribution in [1.82, 2.24) is 10.3 Å². The summed E-state index contributed by atoms with van der Waals surface area (Å²) < 4.78 is 0. The lowest BCUT2D eigenvalue weighted by molar-refractivity contribution is -0.123. The minimum atomic E-state index is -0.791. The van der Waals surface area contributed by atoms with E-state index in [2.05, 4.69) is 10.3 Å². The zero-order valence-corrected chi connectivity index (χ0v) is 13.8. The number of aliphatic hydroxyl groups is 1. The van der Waals surface area contributed by atoms with E-state index in [1.807, 2.05) is 72.8 Å². The molecular weight excluding hydrogens is 312 g/mol. The molecule has 0 spiro atoms. The highest BCUT2D eigenvalue weighted by atomic mass is 16.3. The quantitative estimate of drug-likeness (QED) is 0.726. The largest absolute Gasteiger partial charge is 0.388 e. The molecular formula is C21H20N2O2. The predicted molar refractivity (Wildman–Crippen MR) is 97.5 cm³/mol. The Hall–Kier alpha value is -2.98. The van der Waals surface area contributed by atoms with E-state index in [1.165, 1.54) is 0 Å². The third-order valence-electron chi connectivity index (χ3n) is 3.94. The van der Waals surface area contributed by atoms with Crippen molar-refractivity contribution in [2.75, 3.05) is 0 Å². The maximum Gasteiger partial charge on any atom is 0.223 e. The van der Waals surface area contributed by atoms with Gasteiger partial charge in [-0.1, -0.05) is 54.6 Å². The molecule has 0 aliphatic heterocycles. The molecule has 1 heterocycles. The number of amides is 1. The Morgan fingerprint density at radius 3 is 2.56 bits per heavy atom. The highest BCUT2D eigenvalue weighted by molar-refractivity contribution is 5.76. The van der Waals surface area contributed by atoms with Crippen LogP contribution in [-0.4, -0.2) is 16.0 Å². The number of rotatable bonds is 6. The summed E-state index contributed by atoms with van der Waals surface area (Å²) in [5, 5.41) is 13.0. The first-order valence-corrected chi connectivity index (χ1v) is 8.22. The van der Waals surface area contributed by atoms with Crippen LogP contribution in [0.5, 0.6) is 0 Å². The average Bonchev–Trinajstić information content (AvgIpc) is 2.68. The molecule has 0 saturated heterocycles. The van der Waals surface area contributed by atoms with Crippen molar-refractivity contribution in [2.24, 2.45) is 0 Å². The van der Waals surface area contributed by atoms with Gasteiger partial charge in [0.05, 0.1) is 18.2 Å². The number of aromatic nitrogens is 1. The van der Waals surface area contributed by atoms with Crippen molar-refractivity contribution in [1.29, 1.82) is 0 Å². The highest BCUT2D eigenvalue weighted by Gasteiger charge is 2.12. The summed E-state index contributed by atoms with van der Waals surface area (Å²) in [7, 11) is 0. The second-order valence-electron chi connectivity index (χ2n) is 5.82. The molecule has 1 unspecified atom stereocenters. The summed E-state index contributed by atoms with van der Waals surface area (Å²) in [6, 6.07) is 22.9. The van der Waals surface area contributed by atoms with Crippen LogP contribution in [0.2, 0.25) is 0 Å². The van der Waals surface area contributed by atoms with Gasteiger partial charge in [-0.25, -0.2) is 0 Å². The summed E-state index contributed by atoms with van der Waals surface area (Å²) >= 11 is 0. The van der Waals surface area contributed by atoms with Gasteiger partial charge in [-0.15, -0.1) is 0 Å². The monoisotopic (exact) mass is 332 g/mol. The standard InChI is InChI=1S/C21H20N2O2/c24-20(17-8-2-1-3-9-17)14-21(25)23-15-16-7-6-10-18(13-16)19-11-4-5-12-22-19/h1-13,20,24H,14-15H2,(H,23,25). The van der Waals surface area contributed by atoms with Crippen molar-refractivity contribution in [3.05, 3.63) is 90.1 Å². The second kappa shape index (κ2) is 8.22. The molecule has 1 aromatic heterocycles. The Bertz CT molecular complexity index is 820. The van der Waals surface area contributed by atoms with Crippen molar-refractivity contribution in [3.8, 4) is 11.3 Å². The zero-order chi connectivity index (χ0) is 17.5. The lowest BCUT2D eigenvalue weighted by atomic mass is 10.1. The molecule has 0 aliphatic rings. The minimum Gasteiger partial charge on any atom is -0.388 e. The van der Waals surface area contributed by atoms with Crippen LogP contribution in [0.4, 0.5) is 0 Å². The minimum absolute atomic E-state index is 0.0456. The first-order chi connectivity index (χ1) is 12.2. The Morgan fingerprint density at radius 2 is 1.80 bits per heavy atom. The van der Waals surface area contributed by atoms with Crippen LogP contribution in [0, 0.1) is 0 Å². The van der Waals surface area contributed by atoms with Gasteiger partial charge in [0.15, 0.2) is 0 Å². The number of hydrogen-bond acceptors (Lipinski definition) is 3. The normalized spacial score (nSPS) is 11.7. The molecule has 25 heavy (non-hydrogen) atoms. The van der Waals surface area contributed by atoms with E-state index in [-0.39, 0.29) is 12.3 Å². The average molecular weight is 332 g/mol. The first-order valence-electron chi connectivity index (χ1n) is 8.22. The molecule has 4 heteroatoms. The van der Waals surface area contributed by atoms with Crippen molar-refractivity contribution in [3.63, 3.8) is 0 Å². The number of nitrogens with zero attached hydrogens (tertiary/aromatic N) is 1. The molecule has 3 aromatic rings. The number of nitrogens with one attached hydrogen (secondary N) is 1. The molecule has 2 aromatic carbocycles. The van der Waals surface area contributed by atoms with E-state index in [9.17, 15) is 9.90 Å². The maximum absolute atomic E-state index is 12.1. The van der Waals surface area contributed by atoms with E-state index in [4.69, 9.17) is 0 Å². The molecule has 1 atom stereocenters. The summed E-state index contributed by atoms with van der Waals surface area (Å²) in [6.45, 7) is 0.418. The van der Waals surface area contributed by atoms with Gasteiger partial charge in [0.1, 0.15) is 0 Å². The fourth-order valence-electron chi connectivity index (χ4n) is 2.62. The van der Waals surface area contributed by atoms with Crippen LogP contribution >= 0.6 is 0 Å². The fraction of sp³-hybridized carbons (Fsp3) is 0.143. The number of hydrogen-bond donors (Lipinski definition) is 2. The van der Waals surface area contributed by atoms with Gasteiger partial charge in [-0.3, -0.25) is 9.78 Å². The van der Waals surface area contributed by atoms with E-state index >= 15 is 0 Å². The summed E-state index contributed by atoms with van der Waals surface area (Å²) in [4.78, 5) is 16.4. The molecule has 0 saturated carbocycles. The molecule has 0 radical (unpaired) electrons. The van der Waals surface area contributed by atoms with Gasteiger partial charge in [-0.05, 0) is 29.3 Å². The maximum atomic E-state index is 12.1. The van der Waals surface area contributed by atoms with Crippen LogP contribution in [0.15, 0.2) is 79.0 Å². The summed E-state index contributed by atoms with van der Waals surface area (Å²) in [6.07, 6.45) is 1.01. The van der Waals surface area contributed by atoms with E-state index < -0.39 is 6.10 Å². The van der Waals surface area contributed by atoms with Crippen LogP contribution in [0.25, 0.3) is 11.3 Å². The molecule has 126 valence electrons. The molecule has 0 aliphatic carbocycles. The first kappa shape index (κ1) is 16.9. The van der Waals surface area contributed by atoms with E-state index in [1.54, 1.807) is 6.20 Å². The molecule has 2 N–H and O–H groups in total. The second-order valence-corrected chi connectivity index (χ2v) is 5.82. The Labute approximate surface area is 147 Å². The van der Waals surface area contributed by atoms with Crippen LogP contribution in [0.1, 0.15) is 23.7 Å². The zero-order valence-electron chi connectivity index (χ0n) is 13.8. The lowest BCUT2D eigenvalue weighted by Gasteiger charge is -2.11. The SMILES string of the molecule is O=C(CC(O)c1ccccc1)NCc1cccc(-c2ccccn2)c1. The van der Waals surface area contributed by atoms with Crippen molar-refractivity contribution >= 4 is 5.91 Å². The predicted octanol–water partition coefficient (Wildman–Crippen LogP) is 3.49. The van der Waals surface area contributed by atoms with Gasteiger partial charge in [0.2, 0.25) is 5.91 Å². The van der Waals surface area contributed by atoms with Crippen LogP contribution in [-0.2, 0) is 11.3 Å². The summed E-state index contributed by atoms with van der Waals surface area (Å²) in [5.41, 5.74) is 3.65. The van der Waals surface area contributed by atoms with Gasteiger partial charge in [-0.2, -0.15) is 0 Å². The van der Waals surface area contributed by atoms with Crippen molar-refractivity contribution < 1.29 is 9.90 Å². The van der Waals surface area contributed by atoms with Gasteiger partial charge in [0.25, 0.3) is 0 Å². The molecule has 4 nitrogen and oxygen atoms in total. The van der Waals surface area contributed by atoms with Gasteiger partial charge >= 0.3 is 0 Å². The number of carbonyl (C=O) groups is 1. The molecule has 3 rings (SSSR count). The third-order valence-corrected chi connectivity index (χ3v) is 3.94. The fourth-order valence-corrected chi connectivity index (χ4v) is 2.62.